The molecule has 0 aliphatic carbocycles. The molecule has 86 valence electrons. The molecule has 0 saturated heterocycles. The Labute approximate surface area is 95.1 Å². The molecule has 0 atom stereocenters. The summed E-state index contributed by atoms with van der Waals surface area (Å²) in [5.41, 5.74) is 6.69. The third kappa shape index (κ3) is 3.02. The Bertz CT molecular complexity index is 389. The summed E-state index contributed by atoms with van der Waals surface area (Å²) >= 11 is 0. The molecule has 0 aliphatic rings. The average Bonchev–Trinajstić information content (AvgIpc) is 2.29. The number of benzene rings is 1. The number of rotatable bonds is 5. The fourth-order valence-corrected chi connectivity index (χ4v) is 1.27. The van der Waals surface area contributed by atoms with E-state index in [4.69, 9.17) is 10.5 Å². The third-order valence-electron chi connectivity index (χ3n) is 2.13. The Morgan fingerprint density at radius 1 is 1.62 bits per heavy atom. The van der Waals surface area contributed by atoms with Crippen molar-refractivity contribution < 1.29 is 9.53 Å². The predicted molar refractivity (Wildman–Crippen MR) is 64.6 cm³/mol. The van der Waals surface area contributed by atoms with Crippen molar-refractivity contribution in [1.82, 2.24) is 5.32 Å². The van der Waals surface area contributed by atoms with Gasteiger partial charge in [-0.3, -0.25) is 4.79 Å². The minimum absolute atomic E-state index is 0.142. The number of hydrogen-bond acceptors (Lipinski definition) is 3. The Balaban J connectivity index is 2.69. The summed E-state index contributed by atoms with van der Waals surface area (Å²) in [6.07, 6.45) is 2.50. The number of carbonyl (C=O) groups is 1. The second kappa shape index (κ2) is 5.80. The smallest absolute Gasteiger partial charge is 0.251 e. The number of carbonyl (C=O) groups excluding carboxylic acids is 1. The molecule has 0 bridgehead atoms. The molecule has 4 heteroatoms. The van der Waals surface area contributed by atoms with Gasteiger partial charge in [-0.1, -0.05) is 6.08 Å². The van der Waals surface area contributed by atoms with Crippen LogP contribution in [0.4, 0.5) is 5.69 Å². The van der Waals surface area contributed by atoms with Crippen LogP contribution in [-0.4, -0.2) is 19.6 Å². The monoisotopic (exact) mass is 220 g/mol. The molecule has 4 nitrogen and oxygen atoms in total. The highest BCUT2D eigenvalue weighted by Gasteiger charge is 2.07. The Kier molecular flexibility index (Phi) is 4.39. The van der Waals surface area contributed by atoms with Crippen molar-refractivity contribution in [2.45, 2.75) is 6.42 Å². The van der Waals surface area contributed by atoms with Gasteiger partial charge in [0.2, 0.25) is 0 Å². The Hall–Kier alpha value is -1.97. The summed E-state index contributed by atoms with van der Waals surface area (Å²) in [7, 11) is 1.54. The maximum atomic E-state index is 11.6. The van der Waals surface area contributed by atoms with Crippen LogP contribution < -0.4 is 15.8 Å². The second-order valence-electron chi connectivity index (χ2n) is 3.29. The highest BCUT2D eigenvalue weighted by molar-refractivity contribution is 5.95. The summed E-state index contributed by atoms with van der Waals surface area (Å²) in [6, 6.07) is 4.96. The van der Waals surface area contributed by atoms with Crippen LogP contribution in [0.3, 0.4) is 0 Å². The molecule has 0 aliphatic heterocycles. The van der Waals surface area contributed by atoms with Crippen molar-refractivity contribution in [2.24, 2.45) is 0 Å². The molecule has 0 fully saturated rings. The number of methoxy groups -OCH3 is 1. The highest BCUT2D eigenvalue weighted by atomic mass is 16.5. The van der Waals surface area contributed by atoms with Crippen LogP contribution in [0.25, 0.3) is 0 Å². The molecule has 1 aromatic carbocycles. The summed E-state index contributed by atoms with van der Waals surface area (Å²) < 4.78 is 5.01. The van der Waals surface area contributed by atoms with E-state index in [1.165, 1.54) is 7.11 Å². The van der Waals surface area contributed by atoms with Gasteiger partial charge in [-0.15, -0.1) is 6.58 Å². The van der Waals surface area contributed by atoms with Gasteiger partial charge in [0.05, 0.1) is 12.8 Å². The number of anilines is 1. The third-order valence-corrected chi connectivity index (χ3v) is 2.13. The first-order valence-electron chi connectivity index (χ1n) is 5.01. The highest BCUT2D eigenvalue weighted by Crippen LogP contribution is 2.21. The first-order valence-corrected chi connectivity index (χ1v) is 5.01. The van der Waals surface area contributed by atoms with Gasteiger partial charge in [0.1, 0.15) is 5.75 Å². The van der Waals surface area contributed by atoms with E-state index >= 15 is 0 Å². The average molecular weight is 220 g/mol. The van der Waals surface area contributed by atoms with Crippen molar-refractivity contribution in [2.75, 3.05) is 19.4 Å². The topological polar surface area (TPSA) is 64.3 Å². The fraction of sp³-hybridized carbons (Fsp3) is 0.250. The van der Waals surface area contributed by atoms with Gasteiger partial charge >= 0.3 is 0 Å². The van der Waals surface area contributed by atoms with Crippen molar-refractivity contribution in [3.8, 4) is 5.75 Å². The number of ether oxygens (including phenoxy) is 1. The lowest BCUT2D eigenvalue weighted by Crippen LogP contribution is -2.24. The lowest BCUT2D eigenvalue weighted by atomic mass is 10.1. The Morgan fingerprint density at radius 2 is 2.38 bits per heavy atom. The van der Waals surface area contributed by atoms with Gasteiger partial charge < -0.3 is 15.8 Å². The largest absolute Gasteiger partial charge is 0.495 e. The second-order valence-corrected chi connectivity index (χ2v) is 3.29. The van der Waals surface area contributed by atoms with E-state index in [0.717, 1.165) is 6.42 Å². The van der Waals surface area contributed by atoms with Crippen LogP contribution in [0.5, 0.6) is 5.75 Å². The van der Waals surface area contributed by atoms with E-state index in [2.05, 4.69) is 11.9 Å². The standard InChI is InChI=1S/C12H16N2O2/c1-3-4-7-14-12(15)9-5-6-11(16-2)10(13)8-9/h3,5-6,8H,1,4,7,13H2,2H3,(H,14,15). The first kappa shape index (κ1) is 12.1. The summed E-state index contributed by atoms with van der Waals surface area (Å²) in [6.45, 7) is 4.16. The molecule has 1 amide bonds. The van der Waals surface area contributed by atoms with Crippen molar-refractivity contribution >= 4 is 11.6 Å². The minimum atomic E-state index is -0.142. The molecule has 0 aromatic heterocycles. The molecule has 3 N–H and O–H groups in total. The molecule has 0 saturated carbocycles. The van der Waals surface area contributed by atoms with Gasteiger partial charge in [-0.05, 0) is 24.6 Å². The van der Waals surface area contributed by atoms with Crippen molar-refractivity contribution in [1.29, 1.82) is 0 Å². The maximum absolute atomic E-state index is 11.6. The first-order chi connectivity index (χ1) is 7.69. The van der Waals surface area contributed by atoms with E-state index in [1.807, 2.05) is 0 Å². The molecule has 0 spiro atoms. The predicted octanol–water partition coefficient (Wildman–Crippen LogP) is 1.58. The molecule has 0 unspecified atom stereocenters. The van der Waals surface area contributed by atoms with E-state index in [1.54, 1.807) is 24.3 Å². The van der Waals surface area contributed by atoms with Crippen molar-refractivity contribution in [3.63, 3.8) is 0 Å². The summed E-state index contributed by atoms with van der Waals surface area (Å²) in [5.74, 6) is 0.429. The van der Waals surface area contributed by atoms with Crippen molar-refractivity contribution in [3.05, 3.63) is 36.4 Å². The zero-order valence-corrected chi connectivity index (χ0v) is 9.32. The lowest BCUT2D eigenvalue weighted by molar-refractivity contribution is 0.0954. The van der Waals surface area contributed by atoms with Gasteiger partial charge in [0.15, 0.2) is 0 Å². The molecule has 16 heavy (non-hydrogen) atoms. The molecule has 0 radical (unpaired) electrons. The minimum Gasteiger partial charge on any atom is -0.495 e. The van der Waals surface area contributed by atoms with Gasteiger partial charge in [0.25, 0.3) is 5.91 Å². The van der Waals surface area contributed by atoms with Crippen LogP contribution in [0.15, 0.2) is 30.9 Å². The zero-order valence-electron chi connectivity index (χ0n) is 9.32. The number of nitrogens with two attached hydrogens (primary N) is 1. The number of amides is 1. The van der Waals surface area contributed by atoms with Crippen LogP contribution >= 0.6 is 0 Å². The van der Waals surface area contributed by atoms with Gasteiger partial charge in [-0.25, -0.2) is 0 Å². The van der Waals surface area contributed by atoms with E-state index in [0.29, 0.717) is 23.5 Å². The quantitative estimate of drug-likeness (QED) is 0.450. The normalized spacial score (nSPS) is 9.56. The van der Waals surface area contributed by atoms with Crippen LogP contribution in [-0.2, 0) is 0 Å². The number of nitrogen functional groups attached to an aromatic ring is 1. The molecule has 1 rings (SSSR count). The van der Waals surface area contributed by atoms with E-state index < -0.39 is 0 Å². The maximum Gasteiger partial charge on any atom is 0.251 e. The van der Waals surface area contributed by atoms with Crippen LogP contribution in [0.1, 0.15) is 16.8 Å². The van der Waals surface area contributed by atoms with E-state index in [9.17, 15) is 4.79 Å². The van der Waals surface area contributed by atoms with Crippen LogP contribution in [0, 0.1) is 0 Å². The molecular formula is C12H16N2O2. The lowest BCUT2D eigenvalue weighted by Gasteiger charge is -2.07. The number of hydrogen-bond donors (Lipinski definition) is 2. The SMILES string of the molecule is C=CCCNC(=O)c1ccc(OC)c(N)c1. The number of nitrogens with one attached hydrogen (secondary N) is 1. The molecule has 1 aromatic rings. The molecular weight excluding hydrogens is 204 g/mol. The Morgan fingerprint density at radius 3 is 2.94 bits per heavy atom. The van der Waals surface area contributed by atoms with Gasteiger partial charge in [0, 0.05) is 12.1 Å². The fourth-order valence-electron chi connectivity index (χ4n) is 1.27. The molecule has 0 heterocycles. The summed E-state index contributed by atoms with van der Waals surface area (Å²) in [5, 5.41) is 2.76. The summed E-state index contributed by atoms with van der Waals surface area (Å²) in [4.78, 5) is 11.6. The van der Waals surface area contributed by atoms with Gasteiger partial charge in [-0.2, -0.15) is 0 Å². The zero-order chi connectivity index (χ0) is 12.0. The van der Waals surface area contributed by atoms with E-state index in [-0.39, 0.29) is 5.91 Å². The van der Waals surface area contributed by atoms with Crippen LogP contribution in [0.2, 0.25) is 0 Å².